The second-order valence-electron chi connectivity index (χ2n) is 6.57. The van der Waals surface area contributed by atoms with E-state index in [-0.39, 0.29) is 23.8 Å². The molecule has 0 bridgehead atoms. The van der Waals surface area contributed by atoms with Crippen molar-refractivity contribution in [1.29, 1.82) is 0 Å². The van der Waals surface area contributed by atoms with Gasteiger partial charge in [-0.05, 0) is 49.3 Å². The SMILES string of the molecule is CCC/C=C\C[C@@H]1[C@@H](COc2cccc(CCO)c2)[C@H](O)C[C@H]1Cl. The molecule has 1 aromatic rings. The Morgan fingerprint density at radius 1 is 1.29 bits per heavy atom. The van der Waals surface area contributed by atoms with Crippen LogP contribution in [-0.4, -0.2) is 34.9 Å². The summed E-state index contributed by atoms with van der Waals surface area (Å²) >= 11 is 6.45. The van der Waals surface area contributed by atoms with Gasteiger partial charge in [-0.3, -0.25) is 0 Å². The summed E-state index contributed by atoms with van der Waals surface area (Å²) in [7, 11) is 0. The van der Waals surface area contributed by atoms with Crippen molar-refractivity contribution >= 4 is 11.6 Å². The molecule has 1 aliphatic carbocycles. The Morgan fingerprint density at radius 3 is 2.88 bits per heavy atom. The van der Waals surface area contributed by atoms with E-state index < -0.39 is 6.10 Å². The Kier molecular flexibility index (Phi) is 8.10. The Hall–Kier alpha value is -1.03. The van der Waals surface area contributed by atoms with Crippen LogP contribution in [0.4, 0.5) is 0 Å². The highest BCUT2D eigenvalue weighted by atomic mass is 35.5. The lowest BCUT2D eigenvalue weighted by atomic mass is 9.92. The summed E-state index contributed by atoms with van der Waals surface area (Å²) in [4.78, 5) is 0. The number of allylic oxidation sites excluding steroid dienone is 2. The van der Waals surface area contributed by atoms with Crippen LogP contribution >= 0.6 is 11.6 Å². The molecule has 0 heterocycles. The zero-order valence-corrected chi connectivity index (χ0v) is 15.2. The highest BCUT2D eigenvalue weighted by molar-refractivity contribution is 6.21. The van der Waals surface area contributed by atoms with Crippen molar-refractivity contribution in [2.75, 3.05) is 13.2 Å². The zero-order valence-electron chi connectivity index (χ0n) is 14.4. The molecule has 0 saturated heterocycles. The molecule has 0 aromatic heterocycles. The lowest BCUT2D eigenvalue weighted by Crippen LogP contribution is -2.27. The molecule has 1 fully saturated rings. The van der Waals surface area contributed by atoms with E-state index in [1.807, 2.05) is 24.3 Å². The van der Waals surface area contributed by atoms with Gasteiger partial charge in [-0.2, -0.15) is 0 Å². The van der Waals surface area contributed by atoms with Crippen molar-refractivity contribution in [2.45, 2.75) is 50.5 Å². The highest BCUT2D eigenvalue weighted by Gasteiger charge is 2.41. The normalized spacial score (nSPS) is 27.0. The second-order valence-corrected chi connectivity index (χ2v) is 7.14. The second kappa shape index (κ2) is 10.1. The molecule has 2 N–H and O–H groups in total. The van der Waals surface area contributed by atoms with E-state index in [4.69, 9.17) is 21.4 Å². The van der Waals surface area contributed by atoms with E-state index in [2.05, 4.69) is 19.1 Å². The van der Waals surface area contributed by atoms with Crippen molar-refractivity contribution in [3.05, 3.63) is 42.0 Å². The largest absolute Gasteiger partial charge is 0.493 e. The lowest BCUT2D eigenvalue weighted by Gasteiger charge is -2.22. The third-order valence-corrected chi connectivity index (χ3v) is 5.25. The van der Waals surface area contributed by atoms with Gasteiger partial charge >= 0.3 is 0 Å². The summed E-state index contributed by atoms with van der Waals surface area (Å²) in [5.41, 5.74) is 1.05. The molecule has 3 nitrogen and oxygen atoms in total. The molecule has 0 aliphatic heterocycles. The van der Waals surface area contributed by atoms with Gasteiger partial charge in [-0.15, -0.1) is 11.6 Å². The molecule has 24 heavy (non-hydrogen) atoms. The van der Waals surface area contributed by atoms with Gasteiger partial charge in [0.05, 0.1) is 12.7 Å². The van der Waals surface area contributed by atoms with E-state index >= 15 is 0 Å². The summed E-state index contributed by atoms with van der Waals surface area (Å²) < 4.78 is 5.93. The molecule has 0 amide bonds. The number of ether oxygens (including phenoxy) is 1. The van der Waals surface area contributed by atoms with Crippen molar-refractivity contribution in [1.82, 2.24) is 0 Å². The fourth-order valence-electron chi connectivity index (χ4n) is 3.34. The minimum absolute atomic E-state index is 0.000555. The van der Waals surface area contributed by atoms with Crippen LogP contribution < -0.4 is 4.74 Å². The Morgan fingerprint density at radius 2 is 2.12 bits per heavy atom. The molecule has 4 atom stereocenters. The molecule has 2 rings (SSSR count). The van der Waals surface area contributed by atoms with Crippen LogP contribution in [0.15, 0.2) is 36.4 Å². The number of alkyl halides is 1. The van der Waals surface area contributed by atoms with Crippen molar-refractivity contribution < 1.29 is 14.9 Å². The number of halogens is 1. The molecule has 0 radical (unpaired) electrons. The van der Waals surface area contributed by atoms with Crippen molar-refractivity contribution in [3.63, 3.8) is 0 Å². The van der Waals surface area contributed by atoms with Crippen LogP contribution in [0.2, 0.25) is 0 Å². The van der Waals surface area contributed by atoms with Crippen LogP contribution in [0, 0.1) is 11.8 Å². The summed E-state index contributed by atoms with van der Waals surface area (Å²) in [6, 6.07) is 7.77. The van der Waals surface area contributed by atoms with E-state index in [1.54, 1.807) is 0 Å². The third-order valence-electron chi connectivity index (χ3n) is 4.75. The van der Waals surface area contributed by atoms with Crippen LogP contribution in [0.3, 0.4) is 0 Å². The van der Waals surface area contributed by atoms with Crippen molar-refractivity contribution in [2.24, 2.45) is 11.8 Å². The number of rotatable bonds is 9. The van der Waals surface area contributed by atoms with E-state index in [0.717, 1.165) is 30.6 Å². The number of hydrogen-bond donors (Lipinski definition) is 2. The Balaban J connectivity index is 1.94. The summed E-state index contributed by atoms with van der Waals surface area (Å²) in [6.45, 7) is 2.76. The molecular formula is C20H29ClO3. The summed E-state index contributed by atoms with van der Waals surface area (Å²) in [5, 5.41) is 19.4. The molecule has 1 aliphatic rings. The molecular weight excluding hydrogens is 324 g/mol. The minimum atomic E-state index is -0.405. The maximum atomic E-state index is 10.3. The topological polar surface area (TPSA) is 49.7 Å². The van der Waals surface area contributed by atoms with Gasteiger partial charge in [0.15, 0.2) is 0 Å². The van der Waals surface area contributed by atoms with Gasteiger partial charge in [0, 0.05) is 17.9 Å². The predicted molar refractivity (Wildman–Crippen MR) is 98.6 cm³/mol. The molecule has 0 unspecified atom stereocenters. The quantitative estimate of drug-likeness (QED) is 0.522. The van der Waals surface area contributed by atoms with E-state index in [9.17, 15) is 5.11 Å². The number of hydrogen-bond acceptors (Lipinski definition) is 3. The van der Waals surface area contributed by atoms with Crippen LogP contribution in [0.1, 0.15) is 38.2 Å². The zero-order chi connectivity index (χ0) is 17.4. The highest BCUT2D eigenvalue weighted by Crippen LogP contribution is 2.39. The summed E-state index contributed by atoms with van der Waals surface area (Å²) in [5.74, 6) is 1.09. The van der Waals surface area contributed by atoms with Gasteiger partial charge in [0.1, 0.15) is 5.75 Å². The predicted octanol–water partition coefficient (Wildman–Crippen LogP) is 3.95. The molecule has 1 saturated carbocycles. The molecule has 0 spiro atoms. The standard InChI is InChI=1S/C20H29ClO3/c1-2-3-4-5-9-17-18(20(23)13-19(17)21)14-24-16-8-6-7-15(12-16)10-11-22/h4-8,12,17-20,22-23H,2-3,9-11,13-14H2,1H3/b5-4-/t17-,18-,19-,20-/m1/s1. The maximum Gasteiger partial charge on any atom is 0.119 e. The first kappa shape index (κ1) is 19.3. The summed E-state index contributed by atoms with van der Waals surface area (Å²) in [6.07, 6.45) is 8.36. The molecule has 4 heteroatoms. The number of aliphatic hydroxyl groups excluding tert-OH is 2. The first-order valence-electron chi connectivity index (χ1n) is 8.95. The van der Waals surface area contributed by atoms with Crippen molar-refractivity contribution in [3.8, 4) is 5.75 Å². The lowest BCUT2D eigenvalue weighted by molar-refractivity contribution is 0.0807. The first-order chi connectivity index (χ1) is 11.7. The maximum absolute atomic E-state index is 10.3. The molecule has 134 valence electrons. The monoisotopic (exact) mass is 352 g/mol. The Bertz CT molecular complexity index is 517. The van der Waals surface area contributed by atoms with Gasteiger partial charge in [-0.25, -0.2) is 0 Å². The molecule has 1 aromatic carbocycles. The van der Waals surface area contributed by atoms with Gasteiger partial charge in [-0.1, -0.05) is 37.6 Å². The number of aliphatic hydroxyl groups is 2. The average molecular weight is 353 g/mol. The number of benzene rings is 1. The third kappa shape index (κ3) is 5.51. The average Bonchev–Trinajstić information content (AvgIpc) is 2.83. The smallest absolute Gasteiger partial charge is 0.119 e. The fourth-order valence-corrected chi connectivity index (χ4v) is 3.81. The van der Waals surface area contributed by atoms with Gasteiger partial charge in [0.2, 0.25) is 0 Å². The van der Waals surface area contributed by atoms with E-state index in [0.29, 0.717) is 19.4 Å². The Labute approximate surface area is 150 Å². The van der Waals surface area contributed by atoms with Crippen LogP contribution in [-0.2, 0) is 6.42 Å². The minimum Gasteiger partial charge on any atom is -0.493 e. The van der Waals surface area contributed by atoms with Gasteiger partial charge < -0.3 is 14.9 Å². The van der Waals surface area contributed by atoms with Crippen LogP contribution in [0.5, 0.6) is 5.75 Å². The van der Waals surface area contributed by atoms with Gasteiger partial charge in [0.25, 0.3) is 0 Å². The van der Waals surface area contributed by atoms with Crippen LogP contribution in [0.25, 0.3) is 0 Å². The van der Waals surface area contributed by atoms with E-state index in [1.165, 1.54) is 0 Å². The number of unbranched alkanes of at least 4 members (excludes halogenated alkanes) is 1. The first-order valence-corrected chi connectivity index (χ1v) is 9.39. The fraction of sp³-hybridized carbons (Fsp3) is 0.600.